The van der Waals surface area contributed by atoms with Gasteiger partial charge in [-0.2, -0.15) is 0 Å². The summed E-state index contributed by atoms with van der Waals surface area (Å²) >= 11 is 0. The zero-order chi connectivity index (χ0) is 38.7. The molecule has 2 aromatic carbocycles. The third-order valence-corrected chi connectivity index (χ3v) is 7.10. The molecule has 4 rings (SSSR count). The van der Waals surface area contributed by atoms with Gasteiger partial charge in [0, 0.05) is 6.54 Å². The topological polar surface area (TPSA) is 180 Å². The predicted octanol–water partition coefficient (Wildman–Crippen LogP) is 5.71. The number of fused-ring (bicyclic) bond motifs is 2. The van der Waals surface area contributed by atoms with Crippen molar-refractivity contribution in [1.82, 2.24) is 20.9 Å². The van der Waals surface area contributed by atoms with E-state index in [1.807, 2.05) is 48.5 Å². The van der Waals surface area contributed by atoms with Crippen molar-refractivity contribution in [2.45, 2.75) is 105 Å². The van der Waals surface area contributed by atoms with E-state index in [0.29, 0.717) is 34.6 Å². The Morgan fingerprint density at radius 2 is 1.02 bits per heavy atom. The number of carbonyl (C=O) groups excluding carboxylic acids is 6. The average molecular weight is 711 g/mol. The molecule has 0 aromatic heterocycles. The number of nitrogens with zero attached hydrogens (tertiary/aromatic N) is 1. The molecule has 4 N–H and O–H groups in total. The Morgan fingerprint density at radius 3 is 1.37 bits per heavy atom. The third-order valence-electron chi connectivity index (χ3n) is 7.10. The first-order valence-corrected chi connectivity index (χ1v) is 17.1. The van der Waals surface area contributed by atoms with E-state index in [1.165, 1.54) is 4.90 Å². The molecule has 0 saturated carbocycles. The molecule has 280 valence electrons. The molecular weight excluding hydrogens is 656 g/mol. The van der Waals surface area contributed by atoms with Crippen LogP contribution in [0.2, 0.25) is 0 Å². The molecule has 0 unspecified atom stereocenters. The van der Waals surface area contributed by atoms with Crippen molar-refractivity contribution in [1.29, 1.82) is 0 Å². The number of hydrogen-bond acceptors (Lipinski definition) is 9. The highest BCUT2D eigenvalue weighted by Crippen LogP contribution is 2.23. The summed E-state index contributed by atoms with van der Waals surface area (Å²) in [5, 5.41) is 16.7. The van der Waals surface area contributed by atoms with E-state index < -0.39 is 23.4 Å². The highest BCUT2D eigenvalue weighted by Gasteiger charge is 2.37. The van der Waals surface area contributed by atoms with Crippen LogP contribution >= 0.6 is 0 Å². The van der Waals surface area contributed by atoms with E-state index in [-0.39, 0.29) is 54.8 Å². The molecule has 2 aliphatic rings. The molecule has 6 amide bonds. The van der Waals surface area contributed by atoms with Crippen molar-refractivity contribution in [3.05, 3.63) is 70.8 Å². The molecule has 13 nitrogen and oxygen atoms in total. The molecule has 51 heavy (non-hydrogen) atoms. The quantitative estimate of drug-likeness (QED) is 0.237. The molecule has 0 spiro atoms. The number of alkyl carbamates (subject to hydrolysis) is 2. The summed E-state index contributed by atoms with van der Waals surface area (Å²) in [6.07, 6.45) is 0.361. The number of hydrogen-bond donors (Lipinski definition) is 4. The Morgan fingerprint density at radius 1 is 0.667 bits per heavy atom. The summed E-state index contributed by atoms with van der Waals surface area (Å²) in [4.78, 5) is 71.5. The molecule has 0 radical (unpaired) electrons. The van der Waals surface area contributed by atoms with Gasteiger partial charge < -0.3 is 25.2 Å². The van der Waals surface area contributed by atoms with Gasteiger partial charge in [0.15, 0.2) is 0 Å². The minimum atomic E-state index is -0.609. The summed E-state index contributed by atoms with van der Waals surface area (Å²) in [6, 6.07) is 12.9. The van der Waals surface area contributed by atoms with E-state index in [1.54, 1.807) is 69.3 Å². The molecule has 13 heteroatoms. The van der Waals surface area contributed by atoms with Crippen molar-refractivity contribution < 1.29 is 43.3 Å². The van der Waals surface area contributed by atoms with Gasteiger partial charge in [0.25, 0.3) is 23.6 Å². The van der Waals surface area contributed by atoms with Crippen molar-refractivity contribution in [3.63, 3.8) is 0 Å². The van der Waals surface area contributed by atoms with Crippen molar-refractivity contribution >= 4 is 35.8 Å². The van der Waals surface area contributed by atoms with Gasteiger partial charge in [-0.3, -0.25) is 29.4 Å². The summed E-state index contributed by atoms with van der Waals surface area (Å²) in [7, 11) is 0. The molecule has 2 atom stereocenters. The Balaban J connectivity index is 0.000000293. The van der Waals surface area contributed by atoms with E-state index in [0.717, 1.165) is 6.42 Å². The standard InChI is InChI=1S/C19H26N2O4.C11H23NO3.C8H5NO2/c1-12(2)10-13(20-18(24)25-19(3,4)5)11-21-16(22)14-8-6-7-9-15(14)17(21)23;1-8(2)6-9(7-13)12-10(14)15-11(3,4)5;10-7-5-3-1-2-4-6(5)8(11)9-7/h6-9,12-13H,10-11H2,1-5H3,(H,20,24);8-9,13H,6-7H2,1-5H3,(H,12,14);1-4H,(H,9,10,11)/t13-;9-;/m00./s1. The summed E-state index contributed by atoms with van der Waals surface area (Å²) in [5.41, 5.74) is 0.653. The molecule has 2 aliphatic heterocycles. The Labute approximate surface area is 300 Å². The van der Waals surface area contributed by atoms with Crippen LogP contribution in [0.4, 0.5) is 9.59 Å². The van der Waals surface area contributed by atoms with Crippen LogP contribution in [0.25, 0.3) is 0 Å². The molecule has 0 fully saturated rings. The second-order valence-electron chi connectivity index (χ2n) is 15.2. The van der Waals surface area contributed by atoms with Crippen LogP contribution in [0.1, 0.15) is 124 Å². The largest absolute Gasteiger partial charge is 0.444 e. The first kappa shape index (κ1) is 42.4. The fraction of sp³-hybridized carbons (Fsp3) is 0.526. The van der Waals surface area contributed by atoms with Gasteiger partial charge >= 0.3 is 12.2 Å². The van der Waals surface area contributed by atoms with Gasteiger partial charge in [-0.15, -0.1) is 0 Å². The first-order valence-electron chi connectivity index (χ1n) is 17.1. The minimum absolute atomic E-state index is 0.0581. The van der Waals surface area contributed by atoms with E-state index in [4.69, 9.17) is 14.6 Å². The maximum Gasteiger partial charge on any atom is 0.407 e. The van der Waals surface area contributed by atoms with Gasteiger partial charge in [-0.1, -0.05) is 52.0 Å². The second kappa shape index (κ2) is 18.5. The molecule has 2 heterocycles. The number of nitrogens with one attached hydrogen (secondary N) is 3. The number of ether oxygens (including phenoxy) is 2. The Bertz CT molecular complexity index is 1490. The lowest BCUT2D eigenvalue weighted by Gasteiger charge is -2.27. The van der Waals surface area contributed by atoms with Crippen LogP contribution in [-0.4, -0.2) is 82.3 Å². The number of aliphatic hydroxyl groups excluding tert-OH is 1. The average Bonchev–Trinajstić information content (AvgIpc) is 3.42. The maximum atomic E-state index is 12.5. The van der Waals surface area contributed by atoms with Crippen LogP contribution in [0.5, 0.6) is 0 Å². The van der Waals surface area contributed by atoms with Gasteiger partial charge in [0.2, 0.25) is 0 Å². The first-order chi connectivity index (χ1) is 23.6. The molecule has 0 saturated heterocycles. The number of benzene rings is 2. The van der Waals surface area contributed by atoms with Crippen LogP contribution < -0.4 is 16.0 Å². The normalized spacial score (nSPS) is 14.7. The fourth-order valence-corrected chi connectivity index (χ4v) is 5.19. The number of imide groups is 2. The van der Waals surface area contributed by atoms with E-state index in [9.17, 15) is 28.8 Å². The van der Waals surface area contributed by atoms with Gasteiger partial charge in [0.05, 0.1) is 40.9 Å². The second-order valence-corrected chi connectivity index (χ2v) is 15.2. The Hall–Kier alpha value is -4.78. The smallest absolute Gasteiger partial charge is 0.407 e. The fourth-order valence-electron chi connectivity index (χ4n) is 5.19. The lowest BCUT2D eigenvalue weighted by Crippen LogP contribution is -2.47. The maximum absolute atomic E-state index is 12.5. The van der Waals surface area contributed by atoms with Gasteiger partial charge in [-0.25, -0.2) is 9.59 Å². The molecule has 2 aromatic rings. The lowest BCUT2D eigenvalue weighted by atomic mass is 10.0. The summed E-state index contributed by atoms with van der Waals surface area (Å²) in [5.74, 6) is -0.524. The van der Waals surface area contributed by atoms with Crippen LogP contribution in [0.15, 0.2) is 48.5 Å². The predicted molar refractivity (Wildman–Crippen MR) is 192 cm³/mol. The van der Waals surface area contributed by atoms with Crippen molar-refractivity contribution in [2.75, 3.05) is 13.2 Å². The highest BCUT2D eigenvalue weighted by molar-refractivity contribution is 6.22. The monoisotopic (exact) mass is 710 g/mol. The van der Waals surface area contributed by atoms with Gasteiger partial charge in [-0.05, 0) is 90.5 Å². The molecule has 0 aliphatic carbocycles. The number of aliphatic hydroxyl groups is 1. The van der Waals surface area contributed by atoms with Gasteiger partial charge in [0.1, 0.15) is 11.2 Å². The van der Waals surface area contributed by atoms with Crippen molar-refractivity contribution in [2.24, 2.45) is 11.8 Å². The number of rotatable bonds is 9. The molecular formula is C38H54N4O9. The van der Waals surface area contributed by atoms with Crippen LogP contribution in [0, 0.1) is 11.8 Å². The summed E-state index contributed by atoms with van der Waals surface area (Å²) < 4.78 is 10.4. The number of amides is 6. The Kier molecular flexibility index (Phi) is 15.3. The third kappa shape index (κ3) is 14.2. The lowest BCUT2D eigenvalue weighted by molar-refractivity contribution is 0.0458. The van der Waals surface area contributed by atoms with E-state index in [2.05, 4.69) is 16.0 Å². The van der Waals surface area contributed by atoms with Crippen molar-refractivity contribution in [3.8, 4) is 0 Å². The number of carbonyl (C=O) groups is 6. The summed E-state index contributed by atoms with van der Waals surface area (Å²) in [6.45, 7) is 19.0. The van der Waals surface area contributed by atoms with E-state index >= 15 is 0 Å². The SMILES string of the molecule is CC(C)C[C@@H](CN1C(=O)c2ccccc2C1=O)NC(=O)OC(C)(C)C.CC(C)C[C@@H](CO)NC(=O)OC(C)(C)C.O=C1NC(=O)c2ccccc21. The molecule has 0 bridgehead atoms. The van der Waals surface area contributed by atoms with Crippen LogP contribution in [0.3, 0.4) is 0 Å². The zero-order valence-electron chi connectivity index (χ0n) is 31.4. The zero-order valence-corrected chi connectivity index (χ0v) is 31.4. The highest BCUT2D eigenvalue weighted by atomic mass is 16.6. The van der Waals surface area contributed by atoms with Crippen LogP contribution in [-0.2, 0) is 9.47 Å². The minimum Gasteiger partial charge on any atom is -0.444 e.